The van der Waals surface area contributed by atoms with Crippen LogP contribution in [0.3, 0.4) is 0 Å². The van der Waals surface area contributed by atoms with Crippen molar-refractivity contribution in [2.24, 2.45) is 0 Å². The van der Waals surface area contributed by atoms with Gasteiger partial charge in [-0.2, -0.15) is 0 Å². The maximum atomic E-state index is 12.7. The van der Waals surface area contributed by atoms with E-state index in [4.69, 9.17) is 14.2 Å². The van der Waals surface area contributed by atoms with Crippen LogP contribution in [0.2, 0.25) is 0 Å². The second-order valence-corrected chi connectivity index (χ2v) is 8.61. The molecule has 1 amide bonds. The first-order chi connectivity index (χ1) is 17.1. The third kappa shape index (κ3) is 7.20. The number of hydrogen-bond donors (Lipinski definition) is 1. The van der Waals surface area contributed by atoms with Crippen LogP contribution in [-0.4, -0.2) is 32.2 Å². The van der Waals surface area contributed by atoms with Gasteiger partial charge in [0.05, 0.1) is 20.3 Å². The molecule has 0 spiro atoms. The first-order valence-corrected chi connectivity index (χ1v) is 12.6. The summed E-state index contributed by atoms with van der Waals surface area (Å²) < 4.78 is 16.5. The largest absolute Gasteiger partial charge is 0.493 e. The number of anilines is 1. The molecule has 1 aromatic heterocycles. The Morgan fingerprint density at radius 3 is 2.54 bits per heavy atom. The minimum absolute atomic E-state index is 0.246. The van der Waals surface area contributed by atoms with E-state index in [1.807, 2.05) is 53.9 Å². The van der Waals surface area contributed by atoms with E-state index >= 15 is 0 Å². The second-order valence-electron chi connectivity index (χ2n) is 7.73. The van der Waals surface area contributed by atoms with E-state index in [0.29, 0.717) is 28.7 Å². The number of methoxy groups -OCH3 is 1. The zero-order valence-electron chi connectivity index (χ0n) is 20.3. The molecule has 0 aliphatic carbocycles. The van der Waals surface area contributed by atoms with Crippen LogP contribution in [0.1, 0.15) is 49.0 Å². The number of esters is 1. The highest BCUT2D eigenvalue weighted by molar-refractivity contribution is 7.15. The van der Waals surface area contributed by atoms with Crippen LogP contribution in [0.5, 0.6) is 11.5 Å². The Balaban J connectivity index is 1.74. The van der Waals surface area contributed by atoms with Gasteiger partial charge in [-0.1, -0.05) is 56.2 Å². The standard InChI is InChI=1S/C28H31NO5S/c1-4-6-10-17-34-23-15-13-20(18-24(23)32-3)14-16-25(30)29-27-26(28(31)33-5-2)22(19-35-27)21-11-8-7-9-12-21/h7-9,11-16,18-19H,4-6,10,17H2,1-3H3,(H,29,30)/b16-14+. The van der Waals surface area contributed by atoms with Gasteiger partial charge in [-0.25, -0.2) is 4.79 Å². The summed E-state index contributed by atoms with van der Waals surface area (Å²) in [5.74, 6) is 0.470. The van der Waals surface area contributed by atoms with Crippen molar-refractivity contribution < 1.29 is 23.8 Å². The summed E-state index contributed by atoms with van der Waals surface area (Å²) in [4.78, 5) is 25.4. The fourth-order valence-electron chi connectivity index (χ4n) is 3.45. The van der Waals surface area contributed by atoms with Gasteiger partial charge in [0.1, 0.15) is 10.6 Å². The van der Waals surface area contributed by atoms with Gasteiger partial charge in [-0.05, 0) is 42.7 Å². The third-order valence-corrected chi connectivity index (χ3v) is 6.11. The number of hydrogen-bond acceptors (Lipinski definition) is 6. The Hall–Kier alpha value is -3.58. The van der Waals surface area contributed by atoms with Crippen LogP contribution in [0, 0.1) is 0 Å². The van der Waals surface area contributed by atoms with Crippen molar-refractivity contribution in [2.75, 3.05) is 25.6 Å². The van der Waals surface area contributed by atoms with Crippen LogP contribution < -0.4 is 14.8 Å². The van der Waals surface area contributed by atoms with Gasteiger partial charge >= 0.3 is 5.97 Å². The Labute approximate surface area is 210 Å². The molecule has 35 heavy (non-hydrogen) atoms. The van der Waals surface area contributed by atoms with E-state index in [1.165, 1.54) is 17.4 Å². The van der Waals surface area contributed by atoms with Crippen molar-refractivity contribution in [3.8, 4) is 22.6 Å². The molecule has 6 nitrogen and oxygen atoms in total. The van der Waals surface area contributed by atoms with Gasteiger partial charge in [-0.3, -0.25) is 4.79 Å². The summed E-state index contributed by atoms with van der Waals surface area (Å²) >= 11 is 1.29. The lowest BCUT2D eigenvalue weighted by molar-refractivity contribution is -0.111. The number of benzene rings is 2. The third-order valence-electron chi connectivity index (χ3n) is 5.21. The highest BCUT2D eigenvalue weighted by atomic mass is 32.1. The molecule has 0 aliphatic rings. The monoisotopic (exact) mass is 493 g/mol. The van der Waals surface area contributed by atoms with Crippen molar-refractivity contribution in [3.63, 3.8) is 0 Å². The molecule has 0 fully saturated rings. The van der Waals surface area contributed by atoms with Gasteiger partial charge < -0.3 is 19.5 Å². The summed E-state index contributed by atoms with van der Waals surface area (Å²) in [6, 6.07) is 15.1. The minimum atomic E-state index is -0.467. The average molecular weight is 494 g/mol. The van der Waals surface area contributed by atoms with Crippen molar-refractivity contribution >= 4 is 34.3 Å². The van der Waals surface area contributed by atoms with Crippen LogP contribution >= 0.6 is 11.3 Å². The van der Waals surface area contributed by atoms with Crippen LogP contribution in [0.15, 0.2) is 60.0 Å². The van der Waals surface area contributed by atoms with E-state index in [1.54, 1.807) is 20.1 Å². The molecule has 0 saturated carbocycles. The van der Waals surface area contributed by atoms with E-state index in [2.05, 4.69) is 12.2 Å². The van der Waals surface area contributed by atoms with Crippen molar-refractivity contribution in [1.82, 2.24) is 0 Å². The van der Waals surface area contributed by atoms with Crippen LogP contribution in [-0.2, 0) is 9.53 Å². The van der Waals surface area contributed by atoms with E-state index < -0.39 is 5.97 Å². The number of amides is 1. The molecule has 3 rings (SSSR count). The molecule has 2 aromatic carbocycles. The quantitative estimate of drug-likeness (QED) is 0.170. The Kier molecular flexibility index (Phi) is 9.93. The second kappa shape index (κ2) is 13.3. The number of carbonyl (C=O) groups excluding carboxylic acids is 2. The van der Waals surface area contributed by atoms with E-state index in [0.717, 1.165) is 36.0 Å². The van der Waals surface area contributed by atoms with Gasteiger partial charge in [0.25, 0.3) is 0 Å². The molecule has 1 heterocycles. The molecule has 7 heteroatoms. The summed E-state index contributed by atoms with van der Waals surface area (Å²) in [7, 11) is 1.59. The average Bonchev–Trinajstić information content (AvgIpc) is 3.30. The molecule has 0 radical (unpaired) electrons. The fourth-order valence-corrected chi connectivity index (χ4v) is 4.41. The summed E-state index contributed by atoms with van der Waals surface area (Å²) in [5.41, 5.74) is 2.76. The van der Waals surface area contributed by atoms with Gasteiger partial charge in [-0.15, -0.1) is 11.3 Å². The summed E-state index contributed by atoms with van der Waals surface area (Å²) in [6.07, 6.45) is 6.35. The lowest BCUT2D eigenvalue weighted by Gasteiger charge is -2.11. The SMILES string of the molecule is CCCCCOc1ccc(/C=C/C(=O)Nc2scc(-c3ccccc3)c2C(=O)OCC)cc1OC. The predicted molar refractivity (Wildman–Crippen MR) is 141 cm³/mol. The van der Waals surface area contributed by atoms with E-state index in [-0.39, 0.29) is 12.5 Å². The molecule has 184 valence electrons. The highest BCUT2D eigenvalue weighted by Gasteiger charge is 2.22. The topological polar surface area (TPSA) is 73.9 Å². The molecular weight excluding hydrogens is 462 g/mol. The number of nitrogens with one attached hydrogen (secondary N) is 1. The predicted octanol–water partition coefficient (Wildman–Crippen LogP) is 6.82. The van der Waals surface area contributed by atoms with Crippen LogP contribution in [0.25, 0.3) is 17.2 Å². The maximum Gasteiger partial charge on any atom is 0.341 e. The number of thiophene rings is 1. The Bertz CT molecular complexity index is 1150. The number of carbonyl (C=O) groups is 2. The molecule has 0 unspecified atom stereocenters. The molecule has 1 N–H and O–H groups in total. The molecular formula is C28H31NO5S. The fraction of sp³-hybridized carbons (Fsp3) is 0.286. The maximum absolute atomic E-state index is 12.7. The first-order valence-electron chi connectivity index (χ1n) is 11.7. The Morgan fingerprint density at radius 1 is 1.03 bits per heavy atom. The molecule has 0 bridgehead atoms. The summed E-state index contributed by atoms with van der Waals surface area (Å²) in [6.45, 7) is 4.78. The lowest BCUT2D eigenvalue weighted by atomic mass is 10.0. The highest BCUT2D eigenvalue weighted by Crippen LogP contribution is 2.36. The van der Waals surface area contributed by atoms with Gasteiger partial charge in [0.2, 0.25) is 5.91 Å². The molecule has 0 saturated heterocycles. The number of rotatable bonds is 12. The Morgan fingerprint density at radius 2 is 1.83 bits per heavy atom. The minimum Gasteiger partial charge on any atom is -0.493 e. The molecule has 0 atom stereocenters. The molecule has 3 aromatic rings. The lowest BCUT2D eigenvalue weighted by Crippen LogP contribution is -2.12. The van der Waals surface area contributed by atoms with Gasteiger partial charge in [0, 0.05) is 17.0 Å². The zero-order valence-corrected chi connectivity index (χ0v) is 21.2. The molecule has 0 aliphatic heterocycles. The zero-order chi connectivity index (χ0) is 25.0. The number of ether oxygens (including phenoxy) is 3. The van der Waals surface area contributed by atoms with E-state index in [9.17, 15) is 9.59 Å². The van der Waals surface area contributed by atoms with Crippen molar-refractivity contribution in [3.05, 3.63) is 71.1 Å². The normalized spacial score (nSPS) is 10.8. The van der Waals surface area contributed by atoms with Crippen molar-refractivity contribution in [2.45, 2.75) is 33.1 Å². The first kappa shape index (κ1) is 26.0. The smallest absolute Gasteiger partial charge is 0.341 e. The summed E-state index contributed by atoms with van der Waals surface area (Å²) in [5, 5.41) is 5.13. The van der Waals surface area contributed by atoms with Crippen molar-refractivity contribution in [1.29, 1.82) is 0 Å². The van der Waals surface area contributed by atoms with Crippen LogP contribution in [0.4, 0.5) is 5.00 Å². The number of unbranched alkanes of at least 4 members (excludes halogenated alkanes) is 2. The van der Waals surface area contributed by atoms with Gasteiger partial charge in [0.15, 0.2) is 11.5 Å².